The van der Waals surface area contributed by atoms with Crippen molar-refractivity contribution in [2.24, 2.45) is 35.5 Å². The van der Waals surface area contributed by atoms with Crippen LogP contribution in [-0.2, 0) is 0 Å². The van der Waals surface area contributed by atoms with Crippen molar-refractivity contribution >= 4 is 8.41 Å². The lowest BCUT2D eigenvalue weighted by Crippen LogP contribution is -2.39. The van der Waals surface area contributed by atoms with Gasteiger partial charge in [0.2, 0.25) is 0 Å². The highest BCUT2D eigenvalue weighted by molar-refractivity contribution is 5.75. The van der Waals surface area contributed by atoms with Gasteiger partial charge in [0.25, 0.3) is 0 Å². The molecule has 0 bridgehead atoms. The summed E-state index contributed by atoms with van der Waals surface area (Å²) in [5.41, 5.74) is 0. The van der Waals surface area contributed by atoms with Gasteiger partial charge in [-0.1, -0.05) is 119 Å². The second-order valence-corrected chi connectivity index (χ2v) is 12.9. The SMILES string of the molecule is C.C.C.CC.CC.CC(C)C.CC(C)C.CC(C)C1CCN(C(C)C)CC1.CC(C)C1CCN(C(C)C)CC1.[B]. The van der Waals surface area contributed by atoms with Gasteiger partial charge in [-0.2, -0.15) is 0 Å². The van der Waals surface area contributed by atoms with Gasteiger partial charge in [-0.3, -0.25) is 0 Å². The van der Waals surface area contributed by atoms with Crippen LogP contribution in [0.15, 0.2) is 0 Å². The summed E-state index contributed by atoms with van der Waals surface area (Å²) in [6.07, 6.45) is 5.65. The van der Waals surface area contributed by atoms with Crippen molar-refractivity contribution in [1.29, 1.82) is 0 Å². The Morgan fingerprint density at radius 2 is 0.550 bits per heavy atom. The standard InChI is InChI=1S/2C11H23N.2C4H10.2C2H6.3CH4.B/c2*1-9(2)11-5-7-12(8-6-11)10(3)4;2*1-4(2)3;2*1-2;;;;/h2*9-11H,5-8H2,1-4H3;2*4H,1-3H3;2*1-2H3;3*1H4;. The minimum Gasteiger partial charge on any atom is -0.301 e. The zero-order valence-electron chi connectivity index (χ0n) is 29.7. The molecule has 2 fully saturated rings. The van der Waals surface area contributed by atoms with Gasteiger partial charge in [0.1, 0.15) is 0 Å². The molecule has 3 radical (unpaired) electrons. The second kappa shape index (κ2) is 39.0. The smallest absolute Gasteiger partial charge is 0.00385 e. The van der Waals surface area contributed by atoms with E-state index in [-0.39, 0.29) is 30.7 Å². The zero-order valence-corrected chi connectivity index (χ0v) is 29.7. The number of likely N-dealkylation sites (tertiary alicyclic amines) is 2. The molecule has 2 nitrogen and oxygen atoms in total. The number of hydrogen-bond donors (Lipinski definition) is 0. The maximum absolute atomic E-state index is 2.60. The summed E-state index contributed by atoms with van der Waals surface area (Å²) in [6.45, 7) is 44.9. The monoisotopic (exact) mass is 574 g/mol. The third-order valence-electron chi connectivity index (χ3n) is 6.49. The lowest BCUT2D eigenvalue weighted by Gasteiger charge is -2.36. The third kappa shape index (κ3) is 40.1. The highest BCUT2D eigenvalue weighted by Gasteiger charge is 2.23. The number of piperidine rings is 2. The summed E-state index contributed by atoms with van der Waals surface area (Å²) < 4.78 is 0. The van der Waals surface area contributed by atoms with E-state index in [4.69, 9.17) is 0 Å². The van der Waals surface area contributed by atoms with Crippen LogP contribution in [0.3, 0.4) is 0 Å². The third-order valence-corrected chi connectivity index (χ3v) is 6.49. The molecule has 0 aromatic carbocycles. The Morgan fingerprint density at radius 1 is 0.400 bits per heavy atom. The van der Waals surface area contributed by atoms with Gasteiger partial charge in [0.05, 0.1) is 0 Å². The van der Waals surface area contributed by atoms with Crippen molar-refractivity contribution in [3.05, 3.63) is 0 Å². The van der Waals surface area contributed by atoms with Crippen LogP contribution in [-0.4, -0.2) is 56.5 Å². The lowest BCUT2D eigenvalue weighted by atomic mass is 9.86. The molecule has 0 N–H and O–H groups in total. The van der Waals surface area contributed by atoms with Crippen LogP contribution in [0.1, 0.15) is 173 Å². The fourth-order valence-corrected chi connectivity index (χ4v) is 4.20. The normalized spacial score (nSPS) is 15.6. The molecule has 0 aromatic rings. The predicted molar refractivity (Wildman–Crippen MR) is 198 cm³/mol. The van der Waals surface area contributed by atoms with E-state index in [9.17, 15) is 0 Å². The Bertz CT molecular complexity index is 313. The first-order chi connectivity index (χ1) is 16.7. The van der Waals surface area contributed by atoms with Crippen LogP contribution >= 0.6 is 0 Å². The Hall–Kier alpha value is -0.0151. The average Bonchev–Trinajstić information content (AvgIpc) is 2.81. The molecule has 0 unspecified atom stereocenters. The van der Waals surface area contributed by atoms with Crippen molar-refractivity contribution in [1.82, 2.24) is 9.80 Å². The number of hydrogen-bond acceptors (Lipinski definition) is 2. The molecule has 2 saturated heterocycles. The summed E-state index contributed by atoms with van der Waals surface area (Å²) in [5, 5.41) is 0. The van der Waals surface area contributed by atoms with Crippen LogP contribution in [0.2, 0.25) is 0 Å². The fourth-order valence-electron chi connectivity index (χ4n) is 4.20. The van der Waals surface area contributed by atoms with Crippen LogP contribution in [0.5, 0.6) is 0 Å². The van der Waals surface area contributed by atoms with Gasteiger partial charge in [-0.15, -0.1) is 0 Å². The molecule has 0 amide bonds. The molecule has 3 heteroatoms. The Balaban J connectivity index is -0.0000000574. The van der Waals surface area contributed by atoms with E-state index >= 15 is 0 Å². The van der Waals surface area contributed by atoms with Crippen LogP contribution in [0.25, 0.3) is 0 Å². The predicted octanol–water partition coefficient (Wildman–Crippen LogP) is 12.4. The summed E-state index contributed by atoms with van der Waals surface area (Å²) in [7, 11) is 0. The molecule has 0 spiro atoms. The first kappa shape index (κ1) is 59.4. The molecule has 40 heavy (non-hydrogen) atoms. The molecule has 0 saturated carbocycles. The molecule has 0 atom stereocenters. The zero-order chi connectivity index (χ0) is 29.4. The van der Waals surface area contributed by atoms with Gasteiger partial charge in [-0.25, -0.2) is 0 Å². The summed E-state index contributed by atoms with van der Waals surface area (Å²) in [4.78, 5) is 5.19. The van der Waals surface area contributed by atoms with Gasteiger partial charge >= 0.3 is 0 Å². The summed E-state index contributed by atoms with van der Waals surface area (Å²) in [6, 6.07) is 1.50. The average molecular weight is 574 g/mol. The maximum atomic E-state index is 2.60. The van der Waals surface area contributed by atoms with E-state index in [0.29, 0.717) is 0 Å². The molecule has 2 aliphatic heterocycles. The Labute approximate surface area is 264 Å². The minimum atomic E-state index is 0. The molecular formula is C37H90BN2. The highest BCUT2D eigenvalue weighted by atomic mass is 15.2. The van der Waals surface area contributed by atoms with E-state index in [2.05, 4.69) is 107 Å². The second-order valence-electron chi connectivity index (χ2n) is 12.9. The first-order valence-corrected chi connectivity index (χ1v) is 16.2. The van der Waals surface area contributed by atoms with Crippen molar-refractivity contribution in [3.63, 3.8) is 0 Å². The maximum Gasteiger partial charge on any atom is 0.00385 e. The molecule has 2 heterocycles. The molecule has 0 aromatic heterocycles. The Morgan fingerprint density at radius 3 is 0.650 bits per heavy atom. The number of nitrogens with zero attached hydrogens (tertiary/aromatic N) is 2. The fraction of sp³-hybridized carbons (Fsp3) is 1.00. The molecule has 2 rings (SSSR count). The quantitative estimate of drug-likeness (QED) is 0.309. The van der Waals surface area contributed by atoms with E-state index < -0.39 is 0 Å². The van der Waals surface area contributed by atoms with E-state index in [1.54, 1.807) is 0 Å². The molecule has 2 aliphatic rings. The molecular weight excluding hydrogens is 483 g/mol. The summed E-state index contributed by atoms with van der Waals surface area (Å²) >= 11 is 0. The largest absolute Gasteiger partial charge is 0.301 e. The molecule has 0 aliphatic carbocycles. The highest BCUT2D eigenvalue weighted by Crippen LogP contribution is 2.26. The van der Waals surface area contributed by atoms with E-state index in [1.807, 2.05) is 27.7 Å². The van der Waals surface area contributed by atoms with Crippen LogP contribution < -0.4 is 0 Å². The van der Waals surface area contributed by atoms with E-state index in [0.717, 1.165) is 47.6 Å². The summed E-state index contributed by atoms with van der Waals surface area (Å²) in [5.74, 6) is 5.42. The number of rotatable bonds is 4. The van der Waals surface area contributed by atoms with Crippen molar-refractivity contribution in [2.75, 3.05) is 26.2 Å². The Kier molecular flexibility index (Phi) is 57.9. The van der Waals surface area contributed by atoms with Gasteiger partial charge in [0, 0.05) is 20.5 Å². The van der Waals surface area contributed by atoms with E-state index in [1.165, 1.54) is 51.9 Å². The van der Waals surface area contributed by atoms with Gasteiger partial charge in [0.15, 0.2) is 0 Å². The topological polar surface area (TPSA) is 6.48 Å². The molecule has 251 valence electrons. The van der Waals surface area contributed by atoms with Gasteiger partial charge in [-0.05, 0) is 115 Å². The lowest BCUT2D eigenvalue weighted by molar-refractivity contribution is 0.129. The van der Waals surface area contributed by atoms with Crippen molar-refractivity contribution in [2.45, 2.75) is 185 Å². The first-order valence-electron chi connectivity index (χ1n) is 16.2. The van der Waals surface area contributed by atoms with Crippen LogP contribution in [0.4, 0.5) is 0 Å². The minimum absolute atomic E-state index is 0. The van der Waals surface area contributed by atoms with Crippen LogP contribution in [0, 0.1) is 35.5 Å². The van der Waals surface area contributed by atoms with Crippen molar-refractivity contribution in [3.8, 4) is 0 Å². The van der Waals surface area contributed by atoms with Crippen molar-refractivity contribution < 1.29 is 0 Å². The van der Waals surface area contributed by atoms with Gasteiger partial charge < -0.3 is 9.80 Å².